The van der Waals surface area contributed by atoms with Gasteiger partial charge in [-0.25, -0.2) is 13.8 Å². The molecule has 0 saturated heterocycles. The number of nitrogens with two attached hydrogens (primary N) is 1. The molecule has 0 amide bonds. The minimum absolute atomic E-state index is 0.102. The van der Waals surface area contributed by atoms with Crippen LogP contribution < -0.4 is 15.8 Å². The largest absolute Gasteiger partial charge is 0.497 e. The Bertz CT molecular complexity index is 1310. The van der Waals surface area contributed by atoms with Crippen molar-refractivity contribution in [2.45, 2.75) is 38.1 Å². The van der Waals surface area contributed by atoms with E-state index in [1.54, 1.807) is 30.7 Å². The normalized spacial score (nSPS) is 20.4. The molecular weight excluding hydrogens is 438 g/mol. The van der Waals surface area contributed by atoms with Gasteiger partial charge in [0, 0.05) is 24.4 Å². The van der Waals surface area contributed by atoms with Crippen molar-refractivity contribution in [3.63, 3.8) is 0 Å². The smallest absolute Gasteiger partial charge is 0.229 e. The highest BCUT2D eigenvalue weighted by Gasteiger charge is 2.27. The van der Waals surface area contributed by atoms with Gasteiger partial charge in [-0.2, -0.15) is 9.61 Å². The molecule has 1 saturated carbocycles. The molecule has 34 heavy (non-hydrogen) atoms. The molecule has 1 aliphatic rings. The van der Waals surface area contributed by atoms with Crippen LogP contribution in [0.2, 0.25) is 0 Å². The number of fused-ring (bicyclic) bond motifs is 1. The molecule has 0 bridgehead atoms. The number of halogens is 2. The SMILES string of the molecule is COc1cc(F)c(-c2ccc3cnc(Nc4cnccc4[C@@H]4C[C@H](C)C[C@H](N)C4)n3n2)c(F)c1. The maximum atomic E-state index is 14.7. The highest BCUT2D eigenvalue weighted by molar-refractivity contribution is 5.66. The number of rotatable bonds is 5. The van der Waals surface area contributed by atoms with Gasteiger partial charge >= 0.3 is 0 Å². The van der Waals surface area contributed by atoms with Crippen molar-refractivity contribution in [3.8, 4) is 17.0 Å². The van der Waals surface area contributed by atoms with Crippen LogP contribution in [0, 0.1) is 17.6 Å². The Morgan fingerprint density at radius 2 is 1.88 bits per heavy atom. The van der Waals surface area contributed by atoms with E-state index < -0.39 is 11.6 Å². The van der Waals surface area contributed by atoms with Crippen LogP contribution in [0.25, 0.3) is 16.8 Å². The summed E-state index contributed by atoms with van der Waals surface area (Å²) >= 11 is 0. The average molecular weight is 465 g/mol. The fourth-order valence-corrected chi connectivity index (χ4v) is 4.91. The number of nitrogens with zero attached hydrogens (tertiary/aromatic N) is 4. The maximum Gasteiger partial charge on any atom is 0.229 e. The molecule has 0 aliphatic heterocycles. The number of methoxy groups -OCH3 is 1. The minimum atomic E-state index is -0.754. The predicted octanol–water partition coefficient (Wildman–Crippen LogP) is 5.05. The van der Waals surface area contributed by atoms with E-state index in [1.807, 2.05) is 6.07 Å². The zero-order valence-corrected chi connectivity index (χ0v) is 19.0. The van der Waals surface area contributed by atoms with Gasteiger partial charge in [-0.05, 0) is 54.9 Å². The summed E-state index contributed by atoms with van der Waals surface area (Å²) < 4.78 is 35.8. The first-order valence-corrected chi connectivity index (χ1v) is 11.3. The highest BCUT2D eigenvalue weighted by atomic mass is 19.1. The number of nitrogens with one attached hydrogen (secondary N) is 1. The number of benzene rings is 1. The maximum absolute atomic E-state index is 14.7. The van der Waals surface area contributed by atoms with Crippen LogP contribution in [0.5, 0.6) is 5.75 Å². The number of aromatic nitrogens is 4. The summed E-state index contributed by atoms with van der Waals surface area (Å²) in [6.07, 6.45) is 8.17. The molecule has 3 heterocycles. The average Bonchev–Trinajstić information content (AvgIpc) is 3.20. The van der Waals surface area contributed by atoms with Crippen molar-refractivity contribution in [2.24, 2.45) is 11.7 Å². The third-order valence-electron chi connectivity index (χ3n) is 6.41. The van der Waals surface area contributed by atoms with Crippen LogP contribution in [0.4, 0.5) is 20.4 Å². The summed E-state index contributed by atoms with van der Waals surface area (Å²) in [6.45, 7) is 2.23. The lowest BCUT2D eigenvalue weighted by molar-refractivity contribution is 0.308. The molecule has 4 aromatic rings. The third-order valence-corrected chi connectivity index (χ3v) is 6.41. The molecule has 1 aromatic carbocycles. The molecule has 3 atom stereocenters. The van der Waals surface area contributed by atoms with E-state index in [0.29, 0.717) is 23.3 Å². The Labute approximate surface area is 196 Å². The van der Waals surface area contributed by atoms with Crippen molar-refractivity contribution in [3.05, 3.63) is 66.1 Å². The fourth-order valence-electron chi connectivity index (χ4n) is 4.91. The van der Waals surface area contributed by atoms with E-state index in [2.05, 4.69) is 27.3 Å². The van der Waals surface area contributed by atoms with Gasteiger partial charge < -0.3 is 15.8 Å². The molecule has 9 heteroatoms. The zero-order chi connectivity index (χ0) is 23.8. The second-order valence-corrected chi connectivity index (χ2v) is 8.96. The molecule has 5 rings (SSSR count). The van der Waals surface area contributed by atoms with Crippen LogP contribution in [0.1, 0.15) is 37.7 Å². The molecule has 3 aromatic heterocycles. The third kappa shape index (κ3) is 4.19. The van der Waals surface area contributed by atoms with Gasteiger partial charge in [-0.3, -0.25) is 4.98 Å². The Morgan fingerprint density at radius 1 is 1.09 bits per heavy atom. The topological polar surface area (TPSA) is 90.4 Å². The van der Waals surface area contributed by atoms with Crippen LogP contribution in [-0.4, -0.2) is 32.7 Å². The Balaban J connectivity index is 1.51. The monoisotopic (exact) mass is 464 g/mol. The van der Waals surface area contributed by atoms with Gasteiger partial charge in [-0.15, -0.1) is 0 Å². The predicted molar refractivity (Wildman–Crippen MR) is 126 cm³/mol. The molecular formula is C25H26F2N6O. The van der Waals surface area contributed by atoms with E-state index >= 15 is 0 Å². The molecule has 3 N–H and O–H groups in total. The van der Waals surface area contributed by atoms with Gasteiger partial charge in [0.15, 0.2) is 0 Å². The number of hydrogen-bond acceptors (Lipinski definition) is 6. The number of ether oxygens (including phenoxy) is 1. The Hall–Kier alpha value is -3.59. The lowest BCUT2D eigenvalue weighted by Gasteiger charge is -2.32. The fraction of sp³-hybridized carbons (Fsp3) is 0.320. The van der Waals surface area contributed by atoms with Gasteiger partial charge in [0.05, 0.1) is 42.0 Å². The number of hydrogen-bond donors (Lipinski definition) is 2. The molecule has 176 valence electrons. The first-order valence-electron chi connectivity index (χ1n) is 11.3. The van der Waals surface area contributed by atoms with E-state index in [-0.39, 0.29) is 23.0 Å². The molecule has 0 radical (unpaired) electrons. The van der Waals surface area contributed by atoms with Crippen molar-refractivity contribution < 1.29 is 13.5 Å². The van der Waals surface area contributed by atoms with E-state index in [9.17, 15) is 8.78 Å². The second-order valence-electron chi connectivity index (χ2n) is 8.96. The van der Waals surface area contributed by atoms with E-state index in [0.717, 1.165) is 42.6 Å². The number of imidazole rings is 1. The van der Waals surface area contributed by atoms with Gasteiger partial charge in [0.2, 0.25) is 5.95 Å². The summed E-state index contributed by atoms with van der Waals surface area (Å²) in [5.41, 5.74) is 8.83. The van der Waals surface area contributed by atoms with E-state index in [1.165, 1.54) is 11.6 Å². The summed E-state index contributed by atoms with van der Waals surface area (Å²) in [4.78, 5) is 8.72. The van der Waals surface area contributed by atoms with Crippen LogP contribution in [0.3, 0.4) is 0 Å². The van der Waals surface area contributed by atoms with Crippen LogP contribution >= 0.6 is 0 Å². The lowest BCUT2D eigenvalue weighted by atomic mass is 9.76. The number of pyridine rings is 1. The molecule has 7 nitrogen and oxygen atoms in total. The summed E-state index contributed by atoms with van der Waals surface area (Å²) in [5, 5.41) is 7.80. The Morgan fingerprint density at radius 3 is 2.62 bits per heavy atom. The summed E-state index contributed by atoms with van der Waals surface area (Å²) in [6, 6.07) is 7.73. The standard InChI is InChI=1S/C25H26F2N6O/c1-14-7-15(9-16(28)8-14)19-5-6-29-13-23(19)31-25-30-12-17-3-4-22(32-33(17)25)24-20(26)10-18(34-2)11-21(24)27/h3-6,10-16H,7-9,28H2,1-2H3,(H,30,31)/t14-,15+,16-/m0/s1. The zero-order valence-electron chi connectivity index (χ0n) is 19.0. The van der Waals surface area contributed by atoms with Gasteiger partial charge in [0.1, 0.15) is 17.4 Å². The van der Waals surface area contributed by atoms with Crippen molar-refractivity contribution in [2.75, 3.05) is 12.4 Å². The summed E-state index contributed by atoms with van der Waals surface area (Å²) in [7, 11) is 1.36. The van der Waals surface area contributed by atoms with Gasteiger partial charge in [-0.1, -0.05) is 6.92 Å². The molecule has 1 aliphatic carbocycles. The van der Waals surface area contributed by atoms with E-state index in [4.69, 9.17) is 10.5 Å². The van der Waals surface area contributed by atoms with Crippen molar-refractivity contribution in [1.82, 2.24) is 19.6 Å². The second kappa shape index (κ2) is 8.98. The first kappa shape index (κ1) is 22.2. The van der Waals surface area contributed by atoms with Crippen LogP contribution in [-0.2, 0) is 0 Å². The minimum Gasteiger partial charge on any atom is -0.497 e. The van der Waals surface area contributed by atoms with Crippen molar-refractivity contribution in [1.29, 1.82) is 0 Å². The highest BCUT2D eigenvalue weighted by Crippen LogP contribution is 2.39. The molecule has 0 unspecified atom stereocenters. The van der Waals surface area contributed by atoms with Gasteiger partial charge in [0.25, 0.3) is 0 Å². The van der Waals surface area contributed by atoms with Crippen molar-refractivity contribution >= 4 is 17.2 Å². The number of anilines is 2. The Kier molecular flexibility index (Phi) is 5.87. The quantitative estimate of drug-likeness (QED) is 0.429. The molecule has 1 fully saturated rings. The lowest BCUT2D eigenvalue weighted by Crippen LogP contribution is -2.31. The summed E-state index contributed by atoms with van der Waals surface area (Å²) in [5.74, 6) is -0.132. The first-order chi connectivity index (χ1) is 16.4. The van der Waals surface area contributed by atoms with Crippen LogP contribution in [0.15, 0.2) is 48.9 Å². The molecule has 0 spiro atoms.